The van der Waals surface area contributed by atoms with E-state index in [1.165, 1.54) is 16.7 Å². The van der Waals surface area contributed by atoms with Gasteiger partial charge < -0.3 is 14.8 Å². The highest BCUT2D eigenvalue weighted by Gasteiger charge is 2.42. The zero-order valence-corrected chi connectivity index (χ0v) is 27.7. The molecule has 0 spiro atoms. The Morgan fingerprint density at radius 2 is 1.54 bits per heavy atom. The number of hydrogen-bond acceptors (Lipinski definition) is 4. The van der Waals surface area contributed by atoms with E-state index < -0.39 is 0 Å². The van der Waals surface area contributed by atoms with Gasteiger partial charge in [-0.25, -0.2) is 4.98 Å². The summed E-state index contributed by atoms with van der Waals surface area (Å²) in [6.45, 7) is 9.21. The van der Waals surface area contributed by atoms with Crippen LogP contribution in [0, 0.1) is 17.8 Å². The van der Waals surface area contributed by atoms with Crippen LogP contribution in [0.25, 0.3) is 28.0 Å². The number of imidazole rings is 1. The first-order valence-corrected chi connectivity index (χ1v) is 17.4. The lowest BCUT2D eigenvalue weighted by Gasteiger charge is -2.29. The number of aromatic nitrogens is 2. The van der Waals surface area contributed by atoms with Crippen molar-refractivity contribution in [3.05, 3.63) is 72.3 Å². The summed E-state index contributed by atoms with van der Waals surface area (Å²) in [7, 11) is 0. The van der Waals surface area contributed by atoms with Gasteiger partial charge >= 0.3 is 0 Å². The van der Waals surface area contributed by atoms with E-state index in [4.69, 9.17) is 9.98 Å². The Labute approximate surface area is 273 Å². The fraction of sp³-hybridized carbons (Fsp3) is 0.487. The average Bonchev–Trinajstić information content (AvgIpc) is 3.89. The number of benzene rings is 2. The summed E-state index contributed by atoms with van der Waals surface area (Å²) < 4.78 is 0. The summed E-state index contributed by atoms with van der Waals surface area (Å²) in [5.74, 6) is 1.94. The molecule has 1 N–H and O–H groups in total. The van der Waals surface area contributed by atoms with Gasteiger partial charge in [0.05, 0.1) is 24.0 Å². The number of aromatic amines is 1. The predicted octanol–water partition coefficient (Wildman–Crippen LogP) is 8.06. The van der Waals surface area contributed by atoms with Crippen molar-refractivity contribution < 1.29 is 9.59 Å². The number of hydrogen-bond donors (Lipinski definition) is 1. The normalized spacial score (nSPS) is 25.5. The maximum absolute atomic E-state index is 13.2. The number of nitrogens with zero attached hydrogens (tertiary/aromatic N) is 4. The molecule has 3 fully saturated rings. The third-order valence-electron chi connectivity index (χ3n) is 11.1. The van der Waals surface area contributed by atoms with E-state index in [1.807, 2.05) is 12.4 Å². The van der Waals surface area contributed by atoms with Crippen molar-refractivity contribution in [1.29, 1.82) is 0 Å². The second kappa shape index (κ2) is 12.7. The van der Waals surface area contributed by atoms with Gasteiger partial charge in [0.15, 0.2) is 0 Å². The van der Waals surface area contributed by atoms with Crippen molar-refractivity contribution in [2.45, 2.75) is 97.2 Å². The van der Waals surface area contributed by atoms with E-state index in [9.17, 15) is 9.59 Å². The van der Waals surface area contributed by atoms with Gasteiger partial charge in [-0.2, -0.15) is 0 Å². The summed E-state index contributed by atoms with van der Waals surface area (Å²) in [5, 5.41) is 0. The van der Waals surface area contributed by atoms with Crippen LogP contribution < -0.4 is 0 Å². The predicted molar refractivity (Wildman–Crippen MR) is 184 cm³/mol. The van der Waals surface area contributed by atoms with Crippen molar-refractivity contribution >= 4 is 23.1 Å². The molecule has 7 nitrogen and oxygen atoms in total. The molecule has 7 heteroatoms. The molecule has 3 saturated heterocycles. The maximum atomic E-state index is 13.2. The highest BCUT2D eigenvalue weighted by molar-refractivity contribution is 6.03. The Bertz CT molecular complexity index is 1650. The molecular weight excluding hydrogens is 570 g/mol. The second-order valence-electron chi connectivity index (χ2n) is 14.3. The van der Waals surface area contributed by atoms with Crippen LogP contribution >= 0.6 is 0 Å². The molecule has 7 rings (SSSR count). The van der Waals surface area contributed by atoms with E-state index >= 15 is 0 Å². The topological polar surface area (TPSA) is 81.7 Å². The van der Waals surface area contributed by atoms with Crippen molar-refractivity contribution in [3.63, 3.8) is 0 Å². The van der Waals surface area contributed by atoms with E-state index in [0.29, 0.717) is 17.9 Å². The lowest BCUT2D eigenvalue weighted by atomic mass is 9.94. The number of likely N-dealkylation sites (tertiary alicyclic amines) is 1. The van der Waals surface area contributed by atoms with Gasteiger partial charge in [-0.3, -0.25) is 14.6 Å². The zero-order chi connectivity index (χ0) is 31.9. The smallest absolute Gasteiger partial charge is 0.226 e. The zero-order valence-electron chi connectivity index (χ0n) is 27.7. The summed E-state index contributed by atoms with van der Waals surface area (Å²) >= 11 is 0. The third-order valence-corrected chi connectivity index (χ3v) is 11.1. The molecule has 46 heavy (non-hydrogen) atoms. The number of nitrogens with one attached hydrogen (secondary N) is 1. The summed E-state index contributed by atoms with van der Waals surface area (Å²) in [6.07, 6.45) is 12.0. The molecule has 4 aliphatic heterocycles. The highest BCUT2D eigenvalue weighted by Crippen LogP contribution is 2.41. The van der Waals surface area contributed by atoms with E-state index in [1.54, 1.807) is 0 Å². The van der Waals surface area contributed by atoms with Crippen LogP contribution in [-0.4, -0.2) is 55.9 Å². The Morgan fingerprint density at radius 3 is 2.26 bits per heavy atom. The fourth-order valence-corrected chi connectivity index (χ4v) is 7.93. The lowest BCUT2D eigenvalue weighted by Crippen LogP contribution is -2.43. The van der Waals surface area contributed by atoms with Crippen molar-refractivity contribution in [1.82, 2.24) is 19.8 Å². The molecule has 0 bridgehead atoms. The number of H-pyrrole nitrogens is 1. The van der Waals surface area contributed by atoms with E-state index in [2.05, 4.69) is 91.0 Å². The van der Waals surface area contributed by atoms with Crippen LogP contribution in [0.5, 0.6) is 0 Å². The molecule has 5 heterocycles. The van der Waals surface area contributed by atoms with Crippen LogP contribution in [-0.2, 0) is 9.59 Å². The van der Waals surface area contributed by atoms with Crippen molar-refractivity contribution in [3.8, 4) is 22.4 Å². The largest absolute Gasteiger partial charge is 0.340 e. The standard InChI is InChI=1S/C39H47N5O2/c1-24(2)26(4)39(46)43-20-6-9-35(43)33-21-31(22-40-33)29-12-10-27(11-13-29)28-14-16-30(17-15-28)34-23-41-37(42-34)36-19-18-32-8-5-7-25(3)38(45)44(32)36/h10-17,22-26,32,35-36H,5-9,18-21H2,1-4H3,(H,41,42)/t25-,26-,32+,35-,36-/m0/s1. The molecule has 2 aromatic carbocycles. The minimum atomic E-state index is 0.0358. The second-order valence-corrected chi connectivity index (χ2v) is 14.3. The first-order valence-electron chi connectivity index (χ1n) is 17.4. The third kappa shape index (κ3) is 5.73. The molecule has 2 amide bonds. The molecule has 0 aliphatic carbocycles. The molecule has 5 atom stereocenters. The van der Waals surface area contributed by atoms with E-state index in [-0.39, 0.29) is 29.8 Å². The SMILES string of the molecule is CC(C)[C@H](C)C(=O)N1CCC[C@H]1C1=NC=C(c2ccc(-c3ccc(-c4cnc([C@@H]5CC[C@H]6CCC[C@H](C)C(=O)N65)[nH]4)cc3)cc2)C1. The fourth-order valence-electron chi connectivity index (χ4n) is 7.93. The Hall–Kier alpha value is -4.00. The van der Waals surface area contributed by atoms with Crippen LogP contribution in [0.3, 0.4) is 0 Å². The Balaban J connectivity index is 0.991. The molecular formula is C39H47N5O2. The molecule has 0 saturated carbocycles. The van der Waals surface area contributed by atoms with Crippen LogP contribution in [0.4, 0.5) is 0 Å². The van der Waals surface area contributed by atoms with Gasteiger partial charge in [0.2, 0.25) is 11.8 Å². The summed E-state index contributed by atoms with van der Waals surface area (Å²) in [6, 6.07) is 17.9. The van der Waals surface area contributed by atoms with Crippen molar-refractivity contribution in [2.75, 3.05) is 6.54 Å². The number of carbonyl (C=O) groups excluding carboxylic acids is 2. The minimum absolute atomic E-state index is 0.0358. The molecule has 240 valence electrons. The van der Waals surface area contributed by atoms with Crippen LogP contribution in [0.1, 0.15) is 96.5 Å². The van der Waals surface area contributed by atoms with Gasteiger partial charge in [0.25, 0.3) is 0 Å². The number of fused-ring (bicyclic) bond motifs is 1. The quantitative estimate of drug-likeness (QED) is 0.291. The van der Waals surface area contributed by atoms with Crippen molar-refractivity contribution in [2.24, 2.45) is 22.7 Å². The molecule has 1 aromatic heterocycles. The Kier molecular flexibility index (Phi) is 8.43. The van der Waals surface area contributed by atoms with Gasteiger partial charge in [-0.1, -0.05) is 82.6 Å². The molecule has 4 aliphatic rings. The van der Waals surface area contributed by atoms with Crippen LogP contribution in [0.2, 0.25) is 0 Å². The average molecular weight is 618 g/mol. The van der Waals surface area contributed by atoms with Gasteiger partial charge in [-0.15, -0.1) is 0 Å². The first kappa shape index (κ1) is 30.6. The maximum Gasteiger partial charge on any atom is 0.226 e. The molecule has 0 radical (unpaired) electrons. The highest BCUT2D eigenvalue weighted by atomic mass is 16.2. The Morgan fingerprint density at radius 1 is 0.848 bits per heavy atom. The molecule has 0 unspecified atom stereocenters. The first-order chi connectivity index (χ1) is 22.3. The van der Waals surface area contributed by atoms with Gasteiger partial charge in [0.1, 0.15) is 5.82 Å². The summed E-state index contributed by atoms with van der Waals surface area (Å²) in [5.41, 5.74) is 7.93. The number of rotatable bonds is 7. The minimum Gasteiger partial charge on any atom is -0.340 e. The molecule has 3 aromatic rings. The summed E-state index contributed by atoms with van der Waals surface area (Å²) in [4.78, 5) is 43.7. The number of carbonyl (C=O) groups is 2. The van der Waals surface area contributed by atoms with Gasteiger partial charge in [-0.05, 0) is 72.3 Å². The lowest BCUT2D eigenvalue weighted by molar-refractivity contribution is -0.137. The number of allylic oxidation sites excluding steroid dienone is 1. The van der Waals surface area contributed by atoms with Crippen LogP contribution in [0.15, 0.2) is 65.9 Å². The number of aliphatic imine (C=N–C) groups is 1. The monoisotopic (exact) mass is 617 g/mol. The van der Waals surface area contributed by atoms with Gasteiger partial charge in [0, 0.05) is 42.8 Å². The number of amides is 2. The van der Waals surface area contributed by atoms with E-state index in [0.717, 1.165) is 86.3 Å².